The fourth-order valence-corrected chi connectivity index (χ4v) is 4.51. The second-order valence-electron chi connectivity index (χ2n) is 7.68. The molecular weight excluding hydrogens is 342 g/mol. The summed E-state index contributed by atoms with van der Waals surface area (Å²) in [6, 6.07) is 9.21. The Morgan fingerprint density at radius 2 is 1.96 bits per heavy atom. The highest BCUT2D eigenvalue weighted by Gasteiger charge is 2.27. The van der Waals surface area contributed by atoms with Crippen molar-refractivity contribution >= 4 is 11.3 Å². The zero-order chi connectivity index (χ0) is 18.5. The van der Waals surface area contributed by atoms with E-state index in [1.54, 1.807) is 11.3 Å². The van der Waals surface area contributed by atoms with E-state index in [4.69, 9.17) is 4.98 Å². The van der Waals surface area contributed by atoms with E-state index in [0.29, 0.717) is 12.0 Å². The van der Waals surface area contributed by atoms with Crippen LogP contribution in [-0.2, 0) is 13.1 Å². The van der Waals surface area contributed by atoms with Crippen LogP contribution in [0, 0.1) is 6.92 Å². The average Bonchev–Trinajstić information content (AvgIpc) is 3.08. The Labute approximate surface area is 161 Å². The van der Waals surface area contributed by atoms with E-state index >= 15 is 0 Å². The number of hydrogen-bond donors (Lipinski definition) is 1. The zero-order valence-corrected chi connectivity index (χ0v) is 17.0. The maximum absolute atomic E-state index is 9.52. The first kappa shape index (κ1) is 19.5. The van der Waals surface area contributed by atoms with Crippen molar-refractivity contribution in [3.05, 3.63) is 51.5 Å². The molecule has 1 aromatic carbocycles. The molecule has 26 heavy (non-hydrogen) atoms. The molecule has 4 nitrogen and oxygen atoms in total. The number of aliphatic hydroxyl groups is 1. The normalized spacial score (nSPS) is 19.3. The van der Waals surface area contributed by atoms with Crippen molar-refractivity contribution in [2.24, 2.45) is 0 Å². The molecule has 1 aliphatic rings. The molecule has 0 aliphatic carbocycles. The Morgan fingerprint density at radius 3 is 2.62 bits per heavy atom. The van der Waals surface area contributed by atoms with Crippen LogP contribution in [0.4, 0.5) is 0 Å². The largest absolute Gasteiger partial charge is 0.396 e. The van der Waals surface area contributed by atoms with Crippen LogP contribution in [0.2, 0.25) is 0 Å². The van der Waals surface area contributed by atoms with E-state index in [9.17, 15) is 5.11 Å². The lowest BCUT2D eigenvalue weighted by molar-refractivity contribution is 0.0499. The third kappa shape index (κ3) is 5.13. The van der Waals surface area contributed by atoms with Gasteiger partial charge in [-0.1, -0.05) is 43.7 Å². The summed E-state index contributed by atoms with van der Waals surface area (Å²) in [5.74, 6) is 0.494. The van der Waals surface area contributed by atoms with Crippen molar-refractivity contribution in [2.75, 3.05) is 26.2 Å². The minimum atomic E-state index is 0.248. The molecular formula is C21H31N3OS. The average molecular weight is 374 g/mol. The molecule has 142 valence electrons. The maximum Gasteiger partial charge on any atom is 0.107 e. The van der Waals surface area contributed by atoms with Crippen LogP contribution in [0.3, 0.4) is 0 Å². The highest BCUT2D eigenvalue weighted by atomic mass is 32.1. The first-order valence-electron chi connectivity index (χ1n) is 9.62. The number of thiazole rings is 1. The minimum absolute atomic E-state index is 0.248. The summed E-state index contributed by atoms with van der Waals surface area (Å²) in [5, 5.41) is 12.9. The van der Waals surface area contributed by atoms with Crippen molar-refractivity contribution in [3.8, 4) is 0 Å². The van der Waals surface area contributed by atoms with E-state index in [1.165, 1.54) is 21.8 Å². The van der Waals surface area contributed by atoms with Crippen LogP contribution in [-0.4, -0.2) is 52.2 Å². The van der Waals surface area contributed by atoms with Gasteiger partial charge >= 0.3 is 0 Å². The minimum Gasteiger partial charge on any atom is -0.396 e. The first-order valence-corrected chi connectivity index (χ1v) is 10.5. The standard InChI is InChI=1S/C21H31N3OS/c1-16(2)20-15-26-21(22-20)14-23-9-10-24(19(13-23)8-11-25)12-18-6-4-17(3)5-7-18/h4-7,15-16,19,25H,8-14H2,1-3H3/t19-/m1/s1. The van der Waals surface area contributed by atoms with Gasteiger partial charge in [-0.15, -0.1) is 11.3 Å². The summed E-state index contributed by atoms with van der Waals surface area (Å²) in [6.45, 7) is 11.8. The lowest BCUT2D eigenvalue weighted by Gasteiger charge is -2.41. The van der Waals surface area contributed by atoms with Crippen molar-refractivity contribution in [3.63, 3.8) is 0 Å². The number of benzene rings is 1. The molecule has 3 rings (SSSR count). The van der Waals surface area contributed by atoms with Gasteiger partial charge in [0.15, 0.2) is 0 Å². The molecule has 1 aromatic heterocycles. The zero-order valence-electron chi connectivity index (χ0n) is 16.2. The number of piperazine rings is 1. The Bertz CT molecular complexity index is 683. The molecule has 0 unspecified atom stereocenters. The summed E-state index contributed by atoms with van der Waals surface area (Å²) >= 11 is 1.78. The van der Waals surface area contributed by atoms with Gasteiger partial charge < -0.3 is 5.11 Å². The highest BCUT2D eigenvalue weighted by Crippen LogP contribution is 2.22. The van der Waals surface area contributed by atoms with E-state index in [1.807, 2.05) is 0 Å². The van der Waals surface area contributed by atoms with Gasteiger partial charge in [-0.2, -0.15) is 0 Å². The third-order valence-corrected chi connectivity index (χ3v) is 6.03. The van der Waals surface area contributed by atoms with Gasteiger partial charge in [0.25, 0.3) is 0 Å². The quantitative estimate of drug-likeness (QED) is 0.804. The fourth-order valence-electron chi connectivity index (χ4n) is 3.51. The summed E-state index contributed by atoms with van der Waals surface area (Å²) in [6.07, 6.45) is 0.831. The molecule has 0 bridgehead atoms. The Morgan fingerprint density at radius 1 is 1.19 bits per heavy atom. The molecule has 1 fully saturated rings. The molecule has 2 aromatic rings. The smallest absolute Gasteiger partial charge is 0.107 e. The summed E-state index contributed by atoms with van der Waals surface area (Å²) in [5.41, 5.74) is 3.86. The first-order chi connectivity index (χ1) is 12.5. The Hall–Kier alpha value is -1.27. The van der Waals surface area contributed by atoms with Gasteiger partial charge in [0, 0.05) is 44.2 Å². The Kier molecular flexibility index (Phi) is 6.81. The third-order valence-electron chi connectivity index (χ3n) is 5.18. The molecule has 5 heteroatoms. The molecule has 0 amide bonds. The van der Waals surface area contributed by atoms with Gasteiger partial charge in [-0.3, -0.25) is 9.80 Å². The second-order valence-corrected chi connectivity index (χ2v) is 8.62. The van der Waals surface area contributed by atoms with Gasteiger partial charge in [-0.05, 0) is 24.8 Å². The number of aryl methyl sites for hydroxylation is 1. The number of hydrogen-bond acceptors (Lipinski definition) is 5. The fraction of sp³-hybridized carbons (Fsp3) is 0.571. The van der Waals surface area contributed by atoms with Gasteiger partial charge in [0.1, 0.15) is 5.01 Å². The molecule has 2 heterocycles. The van der Waals surface area contributed by atoms with Gasteiger partial charge in [-0.25, -0.2) is 4.98 Å². The number of nitrogens with zero attached hydrogens (tertiary/aromatic N) is 3. The van der Waals surface area contributed by atoms with Crippen LogP contribution in [0.15, 0.2) is 29.6 Å². The van der Waals surface area contributed by atoms with Crippen molar-refractivity contribution in [1.82, 2.24) is 14.8 Å². The molecule has 0 saturated carbocycles. The van der Waals surface area contributed by atoms with Crippen molar-refractivity contribution in [1.29, 1.82) is 0 Å². The van der Waals surface area contributed by atoms with E-state index in [0.717, 1.165) is 39.1 Å². The van der Waals surface area contributed by atoms with Crippen LogP contribution in [0.5, 0.6) is 0 Å². The second kappa shape index (κ2) is 9.09. The molecule has 1 N–H and O–H groups in total. The molecule has 1 aliphatic heterocycles. The van der Waals surface area contributed by atoms with Crippen LogP contribution >= 0.6 is 11.3 Å². The molecule has 0 radical (unpaired) electrons. The summed E-state index contributed by atoms with van der Waals surface area (Å²) < 4.78 is 0. The SMILES string of the molecule is Cc1ccc(CN2CCN(Cc3nc(C(C)C)cs3)C[C@H]2CCO)cc1. The van der Waals surface area contributed by atoms with E-state index in [2.05, 4.69) is 60.2 Å². The maximum atomic E-state index is 9.52. The van der Waals surface area contributed by atoms with Gasteiger partial charge in [0.2, 0.25) is 0 Å². The predicted molar refractivity (Wildman–Crippen MR) is 109 cm³/mol. The van der Waals surface area contributed by atoms with Crippen molar-refractivity contribution < 1.29 is 5.11 Å². The molecule has 1 saturated heterocycles. The highest BCUT2D eigenvalue weighted by molar-refractivity contribution is 7.09. The molecule has 1 atom stereocenters. The number of rotatable bonds is 7. The molecule has 0 spiro atoms. The summed E-state index contributed by atoms with van der Waals surface area (Å²) in [7, 11) is 0. The predicted octanol–water partition coefficient (Wildman–Crippen LogP) is 3.64. The summed E-state index contributed by atoms with van der Waals surface area (Å²) in [4.78, 5) is 9.81. The van der Waals surface area contributed by atoms with Crippen LogP contribution in [0.1, 0.15) is 48.0 Å². The van der Waals surface area contributed by atoms with E-state index < -0.39 is 0 Å². The number of aliphatic hydroxyl groups excluding tert-OH is 1. The lowest BCUT2D eigenvalue weighted by Crippen LogP contribution is -2.52. The van der Waals surface area contributed by atoms with E-state index in [-0.39, 0.29) is 6.61 Å². The monoisotopic (exact) mass is 373 g/mol. The van der Waals surface area contributed by atoms with Gasteiger partial charge in [0.05, 0.1) is 12.2 Å². The van der Waals surface area contributed by atoms with Crippen LogP contribution < -0.4 is 0 Å². The lowest BCUT2D eigenvalue weighted by atomic mass is 10.1. The topological polar surface area (TPSA) is 39.6 Å². The van der Waals surface area contributed by atoms with Crippen LogP contribution in [0.25, 0.3) is 0 Å². The Balaban J connectivity index is 1.60. The van der Waals surface area contributed by atoms with Crippen molar-refractivity contribution in [2.45, 2.75) is 52.2 Å². The number of aromatic nitrogens is 1.